The van der Waals surface area contributed by atoms with Crippen LogP contribution in [0.3, 0.4) is 0 Å². The molecule has 0 aromatic rings. The van der Waals surface area contributed by atoms with Crippen LogP contribution in [-0.4, -0.2) is 47.7 Å². The van der Waals surface area contributed by atoms with E-state index < -0.39 is 12.0 Å². The van der Waals surface area contributed by atoms with Gasteiger partial charge in [0.15, 0.2) is 0 Å². The van der Waals surface area contributed by atoms with Crippen molar-refractivity contribution in [2.75, 3.05) is 13.6 Å². The Morgan fingerprint density at radius 3 is 2.32 bits per heavy atom. The second-order valence-electron chi connectivity index (χ2n) is 7.05. The predicted octanol–water partition coefficient (Wildman–Crippen LogP) is 2.34. The number of likely N-dealkylation sites (N-methyl/N-ethyl adjacent to an activating group) is 1. The van der Waals surface area contributed by atoms with Crippen molar-refractivity contribution < 1.29 is 9.90 Å². The maximum absolute atomic E-state index is 11.3. The van der Waals surface area contributed by atoms with E-state index in [-0.39, 0.29) is 6.04 Å². The number of carboxylic acids is 1. The second-order valence-corrected chi connectivity index (χ2v) is 7.05. The fraction of sp³-hybridized carbons (Fsp3) is 0.933. The maximum Gasteiger partial charge on any atom is 0.322 e. The Bertz CT molecular complexity index is 293. The fourth-order valence-corrected chi connectivity index (χ4v) is 2.87. The van der Waals surface area contributed by atoms with Gasteiger partial charge in [0.05, 0.1) is 0 Å². The van der Waals surface area contributed by atoms with Crippen molar-refractivity contribution >= 4 is 5.97 Å². The average Bonchev–Trinajstić information content (AvgIpc) is 2.27. The molecule has 0 amide bonds. The molecule has 0 aliphatic heterocycles. The molecule has 0 bridgehead atoms. The van der Waals surface area contributed by atoms with Gasteiger partial charge < -0.3 is 15.3 Å². The zero-order valence-corrected chi connectivity index (χ0v) is 13.1. The molecule has 1 fully saturated rings. The molecule has 1 rings (SSSR count). The Morgan fingerprint density at radius 1 is 1.37 bits per heavy atom. The lowest BCUT2D eigenvalue weighted by Crippen LogP contribution is -2.50. The molecule has 0 saturated heterocycles. The van der Waals surface area contributed by atoms with Crippen LogP contribution in [0.25, 0.3) is 0 Å². The van der Waals surface area contributed by atoms with Gasteiger partial charge in [-0.1, -0.05) is 27.7 Å². The molecule has 1 atom stereocenters. The highest BCUT2D eigenvalue weighted by Gasteiger charge is 2.30. The van der Waals surface area contributed by atoms with E-state index in [1.165, 1.54) is 25.7 Å². The number of hydrogen-bond donors (Lipinski definition) is 2. The van der Waals surface area contributed by atoms with Gasteiger partial charge in [-0.3, -0.25) is 4.79 Å². The lowest BCUT2D eigenvalue weighted by molar-refractivity contribution is -0.140. The van der Waals surface area contributed by atoms with Gasteiger partial charge >= 0.3 is 5.97 Å². The largest absolute Gasteiger partial charge is 0.480 e. The summed E-state index contributed by atoms with van der Waals surface area (Å²) in [4.78, 5) is 13.5. The van der Waals surface area contributed by atoms with E-state index in [2.05, 4.69) is 31.1 Å². The normalized spacial score (nSPS) is 21.8. The number of aliphatic carboxylic acids is 1. The Balaban J connectivity index is 2.48. The molecule has 0 radical (unpaired) electrons. The first-order valence-corrected chi connectivity index (χ1v) is 7.40. The quantitative estimate of drug-likeness (QED) is 0.778. The molecule has 0 aromatic carbocycles. The van der Waals surface area contributed by atoms with Gasteiger partial charge in [-0.05, 0) is 38.1 Å². The summed E-state index contributed by atoms with van der Waals surface area (Å²) in [5.41, 5.74) is 0.458. The molecule has 4 nitrogen and oxygen atoms in total. The van der Waals surface area contributed by atoms with Gasteiger partial charge in [0, 0.05) is 18.6 Å². The van der Waals surface area contributed by atoms with E-state index in [0.717, 1.165) is 0 Å². The summed E-state index contributed by atoms with van der Waals surface area (Å²) in [7, 11) is 2.06. The number of carbonyl (C=O) groups is 1. The van der Waals surface area contributed by atoms with Gasteiger partial charge in [-0.15, -0.1) is 0 Å². The lowest BCUT2D eigenvalue weighted by Gasteiger charge is -2.39. The van der Waals surface area contributed by atoms with Crippen molar-refractivity contribution in [2.45, 2.75) is 71.5 Å². The number of nitrogens with zero attached hydrogens (tertiary/aromatic N) is 1. The van der Waals surface area contributed by atoms with E-state index in [0.29, 0.717) is 18.0 Å². The minimum absolute atomic E-state index is 0.194. The van der Waals surface area contributed by atoms with Crippen LogP contribution in [-0.2, 0) is 4.79 Å². The van der Waals surface area contributed by atoms with Crippen LogP contribution < -0.4 is 5.32 Å². The molecule has 0 spiro atoms. The van der Waals surface area contributed by atoms with Crippen LogP contribution in [0.2, 0.25) is 0 Å². The predicted molar refractivity (Wildman–Crippen MR) is 78.4 cm³/mol. The first-order valence-electron chi connectivity index (χ1n) is 7.40. The minimum Gasteiger partial charge on any atom is -0.480 e. The summed E-state index contributed by atoms with van der Waals surface area (Å²) >= 11 is 0. The molecule has 0 aromatic heterocycles. The summed E-state index contributed by atoms with van der Waals surface area (Å²) < 4.78 is 0. The first kappa shape index (κ1) is 16.4. The number of hydrogen-bond acceptors (Lipinski definition) is 3. The van der Waals surface area contributed by atoms with Crippen LogP contribution in [0, 0.1) is 5.41 Å². The van der Waals surface area contributed by atoms with Gasteiger partial charge in [0.1, 0.15) is 6.04 Å². The Morgan fingerprint density at radius 2 is 1.89 bits per heavy atom. The van der Waals surface area contributed by atoms with Crippen molar-refractivity contribution in [3.8, 4) is 0 Å². The van der Waals surface area contributed by atoms with Gasteiger partial charge in [0.25, 0.3) is 0 Å². The third kappa shape index (κ3) is 5.49. The number of nitrogens with one attached hydrogen (secondary N) is 1. The molecule has 4 heteroatoms. The molecule has 0 heterocycles. The number of rotatable bonds is 6. The van der Waals surface area contributed by atoms with Crippen molar-refractivity contribution in [1.29, 1.82) is 0 Å². The highest BCUT2D eigenvalue weighted by atomic mass is 16.4. The van der Waals surface area contributed by atoms with Crippen molar-refractivity contribution in [1.82, 2.24) is 10.2 Å². The molecule has 1 saturated carbocycles. The molecule has 112 valence electrons. The van der Waals surface area contributed by atoms with E-state index in [9.17, 15) is 9.90 Å². The molecular weight excluding hydrogens is 240 g/mol. The smallest absolute Gasteiger partial charge is 0.322 e. The highest BCUT2D eigenvalue weighted by molar-refractivity contribution is 5.73. The van der Waals surface area contributed by atoms with Crippen LogP contribution in [0.5, 0.6) is 0 Å². The third-order valence-corrected chi connectivity index (χ3v) is 4.24. The Labute approximate surface area is 117 Å². The van der Waals surface area contributed by atoms with Crippen molar-refractivity contribution in [3.63, 3.8) is 0 Å². The maximum atomic E-state index is 11.3. The zero-order valence-electron chi connectivity index (χ0n) is 13.1. The Hall–Kier alpha value is -0.610. The van der Waals surface area contributed by atoms with E-state index in [4.69, 9.17) is 0 Å². The van der Waals surface area contributed by atoms with Crippen molar-refractivity contribution in [2.24, 2.45) is 5.41 Å². The highest BCUT2D eigenvalue weighted by Crippen LogP contribution is 2.36. The minimum atomic E-state index is -0.753. The standard InChI is InChI=1S/C15H30N2O2/c1-11(2)16-13(14(18)19)10-17(5)12-6-8-15(3,4)9-7-12/h11-13,16H,6-10H2,1-5H3,(H,18,19). The third-order valence-electron chi connectivity index (χ3n) is 4.24. The fourth-order valence-electron chi connectivity index (χ4n) is 2.87. The van der Waals surface area contributed by atoms with E-state index >= 15 is 0 Å². The number of carboxylic acid groups (broad SMARTS) is 1. The molecule has 1 unspecified atom stereocenters. The lowest BCUT2D eigenvalue weighted by atomic mass is 9.75. The van der Waals surface area contributed by atoms with Crippen LogP contribution in [0.4, 0.5) is 0 Å². The molecular formula is C15H30N2O2. The topological polar surface area (TPSA) is 52.6 Å². The van der Waals surface area contributed by atoms with Crippen LogP contribution >= 0.6 is 0 Å². The monoisotopic (exact) mass is 270 g/mol. The van der Waals surface area contributed by atoms with E-state index in [1.807, 2.05) is 13.8 Å². The summed E-state index contributed by atoms with van der Waals surface area (Å²) in [5.74, 6) is -0.753. The van der Waals surface area contributed by atoms with Crippen LogP contribution in [0.15, 0.2) is 0 Å². The van der Waals surface area contributed by atoms with Gasteiger partial charge in [0.2, 0.25) is 0 Å². The zero-order chi connectivity index (χ0) is 14.6. The average molecular weight is 270 g/mol. The van der Waals surface area contributed by atoms with Crippen molar-refractivity contribution in [3.05, 3.63) is 0 Å². The molecule has 19 heavy (non-hydrogen) atoms. The molecule has 1 aliphatic rings. The summed E-state index contributed by atoms with van der Waals surface area (Å²) in [6.45, 7) is 9.20. The second kappa shape index (κ2) is 6.71. The SMILES string of the molecule is CC(C)NC(CN(C)C1CCC(C)(C)CC1)C(=O)O. The van der Waals surface area contributed by atoms with Gasteiger partial charge in [-0.25, -0.2) is 0 Å². The first-order chi connectivity index (χ1) is 8.71. The van der Waals surface area contributed by atoms with Crippen LogP contribution in [0.1, 0.15) is 53.4 Å². The summed E-state index contributed by atoms with van der Waals surface area (Å²) in [5, 5.41) is 12.4. The Kier molecular flexibility index (Phi) is 5.81. The van der Waals surface area contributed by atoms with Gasteiger partial charge in [-0.2, -0.15) is 0 Å². The van der Waals surface area contributed by atoms with E-state index in [1.54, 1.807) is 0 Å². The molecule has 2 N–H and O–H groups in total. The summed E-state index contributed by atoms with van der Waals surface area (Å²) in [6.07, 6.45) is 4.82. The molecule has 1 aliphatic carbocycles. The summed E-state index contributed by atoms with van der Waals surface area (Å²) in [6, 6.07) is 0.253.